The molecule has 1 aromatic carbocycles. The molecular weight excluding hydrogens is 242 g/mol. The summed E-state index contributed by atoms with van der Waals surface area (Å²) in [6, 6.07) is 9.72. The third-order valence-electron chi connectivity index (χ3n) is 3.23. The predicted molar refractivity (Wildman–Crippen MR) is 73.6 cm³/mol. The van der Waals surface area contributed by atoms with Crippen molar-refractivity contribution >= 4 is 11.9 Å². The summed E-state index contributed by atoms with van der Waals surface area (Å²) in [6.07, 6.45) is 0.600. The summed E-state index contributed by atoms with van der Waals surface area (Å²) in [7, 11) is 1.74. The van der Waals surface area contributed by atoms with Crippen LogP contribution < -0.4 is 0 Å². The van der Waals surface area contributed by atoms with E-state index in [0.717, 1.165) is 5.56 Å². The molecule has 0 aliphatic heterocycles. The smallest absolute Gasteiger partial charge is 0.309 e. The first kappa shape index (κ1) is 15.2. The molecule has 1 amide bonds. The van der Waals surface area contributed by atoms with Crippen LogP contribution in [-0.4, -0.2) is 28.9 Å². The SMILES string of the molecule is CN(Cc1ccccc1)C(=O)CCC(C)(C)C(=O)O. The van der Waals surface area contributed by atoms with Crippen molar-refractivity contribution in [2.45, 2.75) is 33.2 Å². The second-order valence-corrected chi connectivity index (χ2v) is 5.42. The molecule has 0 fully saturated rings. The molecule has 0 atom stereocenters. The maximum absolute atomic E-state index is 11.9. The summed E-state index contributed by atoms with van der Waals surface area (Å²) in [5.41, 5.74) is 0.208. The third-order valence-corrected chi connectivity index (χ3v) is 3.23. The van der Waals surface area contributed by atoms with Gasteiger partial charge in [0, 0.05) is 20.0 Å². The van der Waals surface area contributed by atoms with Gasteiger partial charge in [0.15, 0.2) is 0 Å². The quantitative estimate of drug-likeness (QED) is 0.858. The Morgan fingerprint density at radius 2 is 1.79 bits per heavy atom. The third kappa shape index (κ3) is 4.73. The molecule has 0 unspecified atom stereocenters. The van der Waals surface area contributed by atoms with E-state index in [4.69, 9.17) is 5.11 Å². The summed E-state index contributed by atoms with van der Waals surface area (Å²) in [4.78, 5) is 24.6. The first-order chi connectivity index (χ1) is 8.83. The fourth-order valence-electron chi connectivity index (χ4n) is 1.66. The van der Waals surface area contributed by atoms with E-state index in [0.29, 0.717) is 13.0 Å². The fourth-order valence-corrected chi connectivity index (χ4v) is 1.66. The lowest BCUT2D eigenvalue weighted by Crippen LogP contribution is -2.30. The molecule has 0 saturated heterocycles. The molecule has 19 heavy (non-hydrogen) atoms. The minimum atomic E-state index is -0.869. The molecule has 0 bridgehead atoms. The van der Waals surface area contributed by atoms with E-state index < -0.39 is 11.4 Å². The molecule has 0 spiro atoms. The van der Waals surface area contributed by atoms with Crippen LogP contribution in [-0.2, 0) is 16.1 Å². The normalized spacial score (nSPS) is 11.1. The molecule has 1 rings (SSSR count). The van der Waals surface area contributed by atoms with Crippen molar-refractivity contribution in [3.63, 3.8) is 0 Å². The summed E-state index contributed by atoms with van der Waals surface area (Å²) in [5, 5.41) is 9.00. The van der Waals surface area contributed by atoms with Crippen molar-refractivity contribution in [2.24, 2.45) is 5.41 Å². The van der Waals surface area contributed by atoms with Crippen LogP contribution in [0.5, 0.6) is 0 Å². The largest absolute Gasteiger partial charge is 0.481 e. The number of carboxylic acids is 1. The number of carbonyl (C=O) groups is 2. The molecule has 0 heterocycles. The van der Waals surface area contributed by atoms with E-state index in [9.17, 15) is 9.59 Å². The van der Waals surface area contributed by atoms with Gasteiger partial charge in [0.05, 0.1) is 5.41 Å². The van der Waals surface area contributed by atoms with E-state index in [1.807, 2.05) is 30.3 Å². The van der Waals surface area contributed by atoms with E-state index in [1.54, 1.807) is 25.8 Å². The zero-order valence-electron chi connectivity index (χ0n) is 11.7. The van der Waals surface area contributed by atoms with Crippen molar-refractivity contribution < 1.29 is 14.7 Å². The van der Waals surface area contributed by atoms with Gasteiger partial charge in [-0.25, -0.2) is 0 Å². The Balaban J connectivity index is 2.48. The van der Waals surface area contributed by atoms with Crippen molar-refractivity contribution in [1.29, 1.82) is 0 Å². The fraction of sp³-hybridized carbons (Fsp3) is 0.467. The second-order valence-electron chi connectivity index (χ2n) is 5.42. The molecule has 1 aromatic rings. The van der Waals surface area contributed by atoms with Gasteiger partial charge in [0.25, 0.3) is 0 Å². The Bertz CT molecular complexity index is 440. The van der Waals surface area contributed by atoms with Gasteiger partial charge in [-0.3, -0.25) is 9.59 Å². The highest BCUT2D eigenvalue weighted by Gasteiger charge is 2.28. The number of carboxylic acid groups (broad SMARTS) is 1. The molecule has 0 aromatic heterocycles. The first-order valence-corrected chi connectivity index (χ1v) is 6.34. The number of hydrogen-bond donors (Lipinski definition) is 1. The maximum Gasteiger partial charge on any atom is 0.309 e. The lowest BCUT2D eigenvalue weighted by molar-refractivity contribution is -0.147. The topological polar surface area (TPSA) is 57.6 Å². The lowest BCUT2D eigenvalue weighted by atomic mass is 9.88. The number of hydrogen-bond acceptors (Lipinski definition) is 2. The van der Waals surface area contributed by atoms with E-state index in [2.05, 4.69) is 0 Å². The van der Waals surface area contributed by atoms with Gasteiger partial charge in [-0.05, 0) is 25.8 Å². The number of amides is 1. The molecule has 104 valence electrons. The summed E-state index contributed by atoms with van der Waals surface area (Å²) in [6.45, 7) is 3.83. The number of nitrogens with zero attached hydrogens (tertiary/aromatic N) is 1. The Hall–Kier alpha value is -1.84. The highest BCUT2D eigenvalue weighted by Crippen LogP contribution is 2.23. The van der Waals surface area contributed by atoms with Gasteiger partial charge < -0.3 is 10.0 Å². The van der Waals surface area contributed by atoms with E-state index >= 15 is 0 Å². The van der Waals surface area contributed by atoms with Crippen molar-refractivity contribution in [3.8, 4) is 0 Å². The Labute approximate surface area is 114 Å². The van der Waals surface area contributed by atoms with E-state index in [1.165, 1.54) is 0 Å². The lowest BCUT2D eigenvalue weighted by Gasteiger charge is -2.21. The first-order valence-electron chi connectivity index (χ1n) is 6.34. The standard InChI is InChI=1S/C15H21NO3/c1-15(2,14(18)19)10-9-13(17)16(3)11-12-7-5-4-6-8-12/h4-8H,9-11H2,1-3H3,(H,18,19). The van der Waals surface area contributed by atoms with Crippen LogP contribution in [0.3, 0.4) is 0 Å². The van der Waals surface area contributed by atoms with Crippen LogP contribution in [0, 0.1) is 5.41 Å². The van der Waals surface area contributed by atoms with Crippen molar-refractivity contribution in [1.82, 2.24) is 4.90 Å². The molecule has 0 saturated carbocycles. The van der Waals surface area contributed by atoms with Crippen LogP contribution in [0.1, 0.15) is 32.3 Å². The highest BCUT2D eigenvalue weighted by atomic mass is 16.4. The van der Waals surface area contributed by atoms with Crippen LogP contribution in [0.25, 0.3) is 0 Å². The average Bonchev–Trinajstić information content (AvgIpc) is 2.37. The summed E-state index contributed by atoms with van der Waals surface area (Å²) in [5.74, 6) is -0.899. The van der Waals surface area contributed by atoms with Gasteiger partial charge in [-0.15, -0.1) is 0 Å². The molecule has 1 N–H and O–H groups in total. The van der Waals surface area contributed by atoms with Gasteiger partial charge in [-0.1, -0.05) is 30.3 Å². The van der Waals surface area contributed by atoms with Crippen LogP contribution in [0.4, 0.5) is 0 Å². The monoisotopic (exact) mass is 263 g/mol. The number of aliphatic carboxylic acids is 1. The van der Waals surface area contributed by atoms with Gasteiger partial charge >= 0.3 is 5.97 Å². The van der Waals surface area contributed by atoms with Crippen molar-refractivity contribution in [2.75, 3.05) is 7.05 Å². The maximum atomic E-state index is 11.9. The van der Waals surface area contributed by atoms with Gasteiger partial charge in [0.1, 0.15) is 0 Å². The molecule has 4 nitrogen and oxygen atoms in total. The minimum Gasteiger partial charge on any atom is -0.481 e. The molecule has 0 aliphatic rings. The number of rotatable bonds is 6. The summed E-state index contributed by atoms with van der Waals surface area (Å²) < 4.78 is 0. The summed E-state index contributed by atoms with van der Waals surface area (Å²) >= 11 is 0. The molecular formula is C15H21NO3. The molecule has 4 heteroatoms. The Morgan fingerprint density at radius 1 is 1.21 bits per heavy atom. The Morgan fingerprint density at radius 3 is 2.32 bits per heavy atom. The van der Waals surface area contributed by atoms with Crippen LogP contribution in [0.15, 0.2) is 30.3 Å². The predicted octanol–water partition coefficient (Wildman–Crippen LogP) is 2.54. The van der Waals surface area contributed by atoms with Gasteiger partial charge in [-0.2, -0.15) is 0 Å². The highest BCUT2D eigenvalue weighted by molar-refractivity contribution is 5.78. The second kappa shape index (κ2) is 6.36. The van der Waals surface area contributed by atoms with E-state index in [-0.39, 0.29) is 12.3 Å². The zero-order chi connectivity index (χ0) is 14.5. The number of benzene rings is 1. The van der Waals surface area contributed by atoms with Crippen LogP contribution in [0.2, 0.25) is 0 Å². The average molecular weight is 263 g/mol. The minimum absolute atomic E-state index is 0.0295. The van der Waals surface area contributed by atoms with Crippen molar-refractivity contribution in [3.05, 3.63) is 35.9 Å². The molecule has 0 radical (unpaired) electrons. The van der Waals surface area contributed by atoms with Gasteiger partial charge in [0.2, 0.25) is 5.91 Å². The Kier molecular flexibility index (Phi) is 5.10. The zero-order valence-corrected chi connectivity index (χ0v) is 11.7. The molecule has 0 aliphatic carbocycles. The number of carbonyl (C=O) groups excluding carboxylic acids is 1. The van der Waals surface area contributed by atoms with Crippen LogP contribution >= 0.6 is 0 Å².